The van der Waals surface area contributed by atoms with Crippen LogP contribution in [0.2, 0.25) is 10.3 Å². The van der Waals surface area contributed by atoms with E-state index in [1.165, 1.54) is 32.1 Å². The first-order chi connectivity index (χ1) is 10.5. The van der Waals surface area contributed by atoms with Crippen LogP contribution in [-0.4, -0.2) is 16.4 Å². The lowest BCUT2D eigenvalue weighted by molar-refractivity contribution is 0.0881. The molecule has 1 spiro atoms. The maximum absolute atomic E-state index is 12.7. The van der Waals surface area contributed by atoms with Crippen molar-refractivity contribution < 1.29 is 4.79 Å². The van der Waals surface area contributed by atoms with E-state index >= 15 is 0 Å². The normalized spacial score (nSPS) is 43.8. The average molecular weight is 337 g/mol. The van der Waals surface area contributed by atoms with Crippen LogP contribution in [-0.2, 0) is 0 Å². The number of aromatic nitrogens is 1. The van der Waals surface area contributed by atoms with Gasteiger partial charge in [-0.2, -0.15) is 0 Å². The Morgan fingerprint density at radius 3 is 3.00 bits per heavy atom. The van der Waals surface area contributed by atoms with E-state index in [0.717, 1.165) is 24.2 Å². The zero-order valence-electron chi connectivity index (χ0n) is 12.2. The molecular weight excluding hydrogens is 319 g/mol. The van der Waals surface area contributed by atoms with Gasteiger partial charge in [-0.1, -0.05) is 23.2 Å². The standard InChI is InChI=1S/C17H18Cl2N2O/c18-13-2-1-11(14(19)20-13)15(22)21-17-7-9-5-10-3-4-16(17,8-17)12(10)6-9/h1-2,9-10,12H,3-8H2,(H,21,22). The monoisotopic (exact) mass is 336 g/mol. The van der Waals surface area contributed by atoms with Gasteiger partial charge in [-0.25, -0.2) is 4.98 Å². The highest BCUT2D eigenvalue weighted by Gasteiger charge is 2.77. The summed E-state index contributed by atoms with van der Waals surface area (Å²) >= 11 is 11.9. The fraction of sp³-hybridized carbons (Fsp3) is 0.647. The molecular formula is C17H18Cl2N2O. The Balaban J connectivity index is 1.44. The van der Waals surface area contributed by atoms with Gasteiger partial charge in [0.15, 0.2) is 0 Å². The smallest absolute Gasteiger partial charge is 0.254 e. The van der Waals surface area contributed by atoms with Gasteiger partial charge in [-0.05, 0) is 73.8 Å². The highest BCUT2D eigenvalue weighted by molar-refractivity contribution is 6.34. The van der Waals surface area contributed by atoms with Gasteiger partial charge < -0.3 is 5.32 Å². The molecule has 4 fully saturated rings. The molecule has 5 unspecified atom stereocenters. The van der Waals surface area contributed by atoms with Crippen molar-refractivity contribution in [3.63, 3.8) is 0 Å². The molecule has 4 aliphatic rings. The summed E-state index contributed by atoms with van der Waals surface area (Å²) in [6.45, 7) is 0. The summed E-state index contributed by atoms with van der Waals surface area (Å²) in [6.07, 6.45) is 7.76. The Labute approximate surface area is 139 Å². The molecule has 0 saturated heterocycles. The SMILES string of the molecule is O=C(NC12CC3CC4CCC1(C2)C4C3)c1ccc(Cl)nc1Cl. The summed E-state index contributed by atoms with van der Waals surface area (Å²) in [6, 6.07) is 3.30. The van der Waals surface area contributed by atoms with Crippen LogP contribution in [0.5, 0.6) is 0 Å². The summed E-state index contributed by atoms with van der Waals surface area (Å²) in [5.74, 6) is 2.50. The van der Waals surface area contributed by atoms with Crippen molar-refractivity contribution in [1.82, 2.24) is 10.3 Å². The molecule has 1 amide bonds. The predicted molar refractivity (Wildman–Crippen MR) is 85.1 cm³/mol. The summed E-state index contributed by atoms with van der Waals surface area (Å²) in [7, 11) is 0. The molecule has 1 heterocycles. The Morgan fingerprint density at radius 2 is 2.18 bits per heavy atom. The Hall–Kier alpha value is -0.800. The van der Waals surface area contributed by atoms with Crippen LogP contribution >= 0.6 is 23.2 Å². The quantitative estimate of drug-likeness (QED) is 0.826. The van der Waals surface area contributed by atoms with Gasteiger partial charge in [0, 0.05) is 5.54 Å². The fourth-order valence-corrected chi connectivity index (χ4v) is 6.62. The summed E-state index contributed by atoms with van der Waals surface area (Å²) in [4.78, 5) is 16.7. The predicted octanol–water partition coefficient (Wildman–Crippen LogP) is 4.09. The molecule has 116 valence electrons. The lowest BCUT2D eigenvalue weighted by Crippen LogP contribution is -2.45. The van der Waals surface area contributed by atoms with Crippen LogP contribution in [0, 0.1) is 23.2 Å². The number of carbonyl (C=O) groups excluding carboxylic acids is 1. The zero-order chi connectivity index (χ0) is 15.1. The minimum Gasteiger partial charge on any atom is -0.346 e. The molecule has 4 saturated carbocycles. The first-order valence-corrected chi connectivity index (χ1v) is 8.93. The number of hydrogen-bond donors (Lipinski definition) is 1. The highest BCUT2D eigenvalue weighted by Crippen LogP contribution is 2.79. The van der Waals surface area contributed by atoms with Gasteiger partial charge in [0.25, 0.3) is 5.91 Å². The number of pyridine rings is 1. The van der Waals surface area contributed by atoms with E-state index < -0.39 is 0 Å². The van der Waals surface area contributed by atoms with Crippen molar-refractivity contribution in [2.45, 2.75) is 44.1 Å². The maximum Gasteiger partial charge on any atom is 0.254 e. The van der Waals surface area contributed by atoms with Crippen molar-refractivity contribution in [2.75, 3.05) is 0 Å². The van der Waals surface area contributed by atoms with Crippen LogP contribution < -0.4 is 5.32 Å². The topological polar surface area (TPSA) is 42.0 Å². The lowest BCUT2D eigenvalue weighted by Gasteiger charge is -2.34. The zero-order valence-corrected chi connectivity index (χ0v) is 13.8. The van der Waals surface area contributed by atoms with Gasteiger partial charge in [0.1, 0.15) is 10.3 Å². The number of nitrogens with zero attached hydrogens (tertiary/aromatic N) is 1. The Bertz CT molecular complexity index is 693. The van der Waals surface area contributed by atoms with E-state index in [0.29, 0.717) is 16.1 Å². The molecule has 1 aromatic heterocycles. The van der Waals surface area contributed by atoms with Crippen LogP contribution in [0.4, 0.5) is 0 Å². The van der Waals surface area contributed by atoms with Crippen molar-refractivity contribution in [2.24, 2.45) is 23.2 Å². The molecule has 22 heavy (non-hydrogen) atoms. The van der Waals surface area contributed by atoms with Crippen molar-refractivity contribution in [3.05, 3.63) is 28.0 Å². The minimum absolute atomic E-state index is 0.0336. The molecule has 2 bridgehead atoms. The van der Waals surface area contributed by atoms with Crippen LogP contribution in [0.25, 0.3) is 0 Å². The number of rotatable bonds is 2. The molecule has 0 aromatic carbocycles. The fourth-order valence-electron chi connectivity index (χ4n) is 6.19. The molecule has 5 rings (SSSR count). The number of halogens is 2. The molecule has 4 aliphatic carbocycles. The van der Waals surface area contributed by atoms with Crippen molar-refractivity contribution in [3.8, 4) is 0 Å². The van der Waals surface area contributed by atoms with Gasteiger partial charge in [0.2, 0.25) is 0 Å². The van der Waals surface area contributed by atoms with E-state index in [1.54, 1.807) is 12.1 Å². The summed E-state index contributed by atoms with van der Waals surface area (Å²) in [5, 5.41) is 3.87. The van der Waals surface area contributed by atoms with E-state index in [2.05, 4.69) is 10.3 Å². The summed E-state index contributed by atoms with van der Waals surface area (Å²) in [5.41, 5.74) is 0.869. The molecule has 3 nitrogen and oxygen atoms in total. The molecule has 1 aromatic rings. The number of amides is 1. The van der Waals surface area contributed by atoms with Crippen molar-refractivity contribution >= 4 is 29.1 Å². The largest absolute Gasteiger partial charge is 0.346 e. The number of carbonyl (C=O) groups is 1. The Kier molecular flexibility index (Phi) is 2.59. The first kappa shape index (κ1) is 13.6. The van der Waals surface area contributed by atoms with E-state index in [4.69, 9.17) is 23.2 Å². The number of nitrogens with one attached hydrogen (secondary N) is 1. The van der Waals surface area contributed by atoms with E-state index in [9.17, 15) is 4.79 Å². The van der Waals surface area contributed by atoms with E-state index in [1.807, 2.05) is 0 Å². The van der Waals surface area contributed by atoms with Gasteiger partial charge in [-0.15, -0.1) is 0 Å². The van der Waals surface area contributed by atoms with Gasteiger partial charge >= 0.3 is 0 Å². The van der Waals surface area contributed by atoms with Gasteiger partial charge in [-0.3, -0.25) is 4.79 Å². The third-order valence-electron chi connectivity index (χ3n) is 6.96. The lowest BCUT2D eigenvalue weighted by atomic mass is 9.77. The molecule has 5 heteroatoms. The van der Waals surface area contributed by atoms with Crippen molar-refractivity contribution in [1.29, 1.82) is 0 Å². The first-order valence-electron chi connectivity index (χ1n) is 8.18. The molecule has 0 aliphatic heterocycles. The number of fused-ring (bicyclic) bond motifs is 1. The second kappa shape index (κ2) is 4.18. The third-order valence-corrected chi connectivity index (χ3v) is 7.46. The maximum atomic E-state index is 12.7. The second-order valence-electron chi connectivity index (χ2n) is 7.79. The third kappa shape index (κ3) is 1.59. The summed E-state index contributed by atoms with van der Waals surface area (Å²) < 4.78 is 0. The van der Waals surface area contributed by atoms with E-state index in [-0.39, 0.29) is 16.6 Å². The van der Waals surface area contributed by atoms with Crippen LogP contribution in [0.15, 0.2) is 12.1 Å². The second-order valence-corrected chi connectivity index (χ2v) is 8.53. The molecule has 1 N–H and O–H groups in total. The highest BCUT2D eigenvalue weighted by atomic mass is 35.5. The van der Waals surface area contributed by atoms with Crippen LogP contribution in [0.3, 0.4) is 0 Å². The molecule has 0 radical (unpaired) electrons. The minimum atomic E-state index is -0.0872. The molecule has 5 atom stereocenters. The average Bonchev–Trinajstić information content (AvgIpc) is 2.72. The number of hydrogen-bond acceptors (Lipinski definition) is 2. The van der Waals surface area contributed by atoms with Crippen LogP contribution in [0.1, 0.15) is 48.9 Å². The van der Waals surface area contributed by atoms with Gasteiger partial charge in [0.05, 0.1) is 5.56 Å². The Morgan fingerprint density at radius 1 is 1.32 bits per heavy atom.